The van der Waals surface area contributed by atoms with E-state index >= 15 is 0 Å². The molecule has 0 amide bonds. The Morgan fingerprint density at radius 3 is 1.32 bits per heavy atom. The van der Waals surface area contributed by atoms with Crippen LogP contribution >= 0.6 is 10.3 Å². The highest BCUT2D eigenvalue weighted by atomic mass is 32.3. The van der Waals surface area contributed by atoms with Gasteiger partial charge in [-0.25, -0.2) is 4.79 Å². The number of rotatable bonds is 17. The molecule has 4 aromatic carbocycles. The van der Waals surface area contributed by atoms with E-state index in [1.807, 2.05) is 71.9 Å². The van der Waals surface area contributed by atoms with Crippen LogP contribution in [0.15, 0.2) is 93.5 Å². The van der Waals surface area contributed by atoms with E-state index in [1.54, 1.807) is 36.4 Å². The van der Waals surface area contributed by atoms with Crippen molar-refractivity contribution in [3.8, 4) is 40.2 Å². The van der Waals surface area contributed by atoms with Gasteiger partial charge < -0.3 is 37.7 Å². The number of hydrogen-bond donors (Lipinski definition) is 1. The molecule has 47 heavy (non-hydrogen) atoms. The molecule has 0 fully saturated rings. The summed E-state index contributed by atoms with van der Waals surface area (Å²) >= 11 is 0. The molecule has 1 N–H and O–H groups in total. The molecule has 0 aromatic heterocycles. The standard InChI is InChI=1S/C37H44O9S/c1-7-40-26-22-31(42-9-3)35(32(23-26)43-10-4)47(28-18-14-13-15-19-28,46-37(39)29-20-16-17-21-30(29)38)36-33(44-11-5)24-27(41-8-2)25-34(36)45-12-6/h13-25,38H,7-12H2,1-6H3. The van der Waals surface area contributed by atoms with Gasteiger partial charge in [0, 0.05) is 39.5 Å². The van der Waals surface area contributed by atoms with Gasteiger partial charge in [-0.2, -0.15) is 0 Å². The Hall–Kier alpha value is -4.70. The number of para-hydroxylation sites is 1. The number of aromatic hydroxyl groups is 1. The van der Waals surface area contributed by atoms with Crippen LogP contribution in [0.4, 0.5) is 0 Å². The lowest BCUT2D eigenvalue weighted by Crippen LogP contribution is -2.18. The van der Waals surface area contributed by atoms with Crippen molar-refractivity contribution >= 4 is 16.3 Å². The van der Waals surface area contributed by atoms with Crippen LogP contribution in [0.1, 0.15) is 51.9 Å². The van der Waals surface area contributed by atoms with E-state index in [2.05, 4.69) is 0 Å². The van der Waals surface area contributed by atoms with E-state index < -0.39 is 16.3 Å². The second-order valence-corrected chi connectivity index (χ2v) is 12.4. The van der Waals surface area contributed by atoms with E-state index in [1.165, 1.54) is 12.1 Å². The summed E-state index contributed by atoms with van der Waals surface area (Å²) < 4.78 is 44.2. The molecule has 0 aliphatic rings. The molecule has 10 heteroatoms. The second-order valence-electron chi connectivity index (χ2n) is 9.85. The summed E-state index contributed by atoms with van der Waals surface area (Å²) in [5.74, 6) is 1.64. The van der Waals surface area contributed by atoms with Crippen molar-refractivity contribution < 1.29 is 42.5 Å². The topological polar surface area (TPSA) is 102 Å². The number of phenols is 1. The molecule has 0 radical (unpaired) electrons. The zero-order valence-electron chi connectivity index (χ0n) is 27.9. The predicted molar refractivity (Wildman–Crippen MR) is 182 cm³/mol. The van der Waals surface area contributed by atoms with Crippen molar-refractivity contribution in [2.75, 3.05) is 39.6 Å². The first-order valence-corrected chi connectivity index (χ1v) is 17.5. The van der Waals surface area contributed by atoms with Crippen LogP contribution in [-0.2, 0) is 4.18 Å². The average Bonchev–Trinajstić information content (AvgIpc) is 3.05. The van der Waals surface area contributed by atoms with Gasteiger partial charge in [0.1, 0.15) is 55.6 Å². The van der Waals surface area contributed by atoms with E-state index in [0.29, 0.717) is 88.8 Å². The Kier molecular flexibility index (Phi) is 12.5. The molecule has 0 aliphatic heterocycles. The van der Waals surface area contributed by atoms with Crippen LogP contribution in [0.25, 0.3) is 0 Å². The number of benzene rings is 4. The number of ether oxygens (including phenoxy) is 6. The van der Waals surface area contributed by atoms with Gasteiger partial charge in [-0.05, 0) is 65.8 Å². The number of carbonyl (C=O) groups is 1. The van der Waals surface area contributed by atoms with Gasteiger partial charge in [0.2, 0.25) is 0 Å². The monoisotopic (exact) mass is 664 g/mol. The fourth-order valence-corrected chi connectivity index (χ4v) is 8.51. The molecule has 4 aromatic rings. The van der Waals surface area contributed by atoms with Gasteiger partial charge in [0.25, 0.3) is 0 Å². The van der Waals surface area contributed by atoms with E-state index in [9.17, 15) is 9.90 Å². The zero-order valence-corrected chi connectivity index (χ0v) is 28.7. The lowest BCUT2D eigenvalue weighted by molar-refractivity contribution is 0.0753. The normalized spacial score (nSPS) is 11.4. The number of phenolic OH excluding ortho intramolecular Hbond substituents is 1. The number of hydrogen-bond acceptors (Lipinski definition) is 9. The first-order chi connectivity index (χ1) is 22.9. The van der Waals surface area contributed by atoms with Crippen LogP contribution in [0.3, 0.4) is 0 Å². The number of carbonyl (C=O) groups excluding carboxylic acids is 1. The molecular weight excluding hydrogens is 620 g/mol. The second kappa shape index (κ2) is 16.7. The molecule has 0 unspecified atom stereocenters. The molecule has 0 saturated heterocycles. The van der Waals surface area contributed by atoms with Gasteiger partial charge in [-0.1, -0.05) is 30.3 Å². The van der Waals surface area contributed by atoms with Gasteiger partial charge in [-0.3, -0.25) is 0 Å². The summed E-state index contributed by atoms with van der Waals surface area (Å²) in [6.45, 7) is 13.3. The third-order valence-corrected chi connectivity index (χ3v) is 10.1. The minimum Gasteiger partial charge on any atom is -0.507 e. The molecule has 0 bridgehead atoms. The Morgan fingerprint density at radius 2 is 0.936 bits per heavy atom. The molecule has 0 heterocycles. The van der Waals surface area contributed by atoms with Crippen LogP contribution in [0.2, 0.25) is 0 Å². The van der Waals surface area contributed by atoms with Crippen LogP contribution in [-0.4, -0.2) is 50.7 Å². The lowest BCUT2D eigenvalue weighted by Gasteiger charge is -2.42. The third-order valence-electron chi connectivity index (χ3n) is 6.78. The summed E-state index contributed by atoms with van der Waals surface area (Å²) in [7, 11) is -3.24. The minimum atomic E-state index is -3.24. The summed E-state index contributed by atoms with van der Waals surface area (Å²) in [6.07, 6.45) is 0. The Balaban J connectivity index is 2.29. The van der Waals surface area contributed by atoms with Crippen molar-refractivity contribution in [3.05, 3.63) is 84.4 Å². The highest BCUT2D eigenvalue weighted by Gasteiger charge is 2.46. The Morgan fingerprint density at radius 1 is 0.553 bits per heavy atom. The van der Waals surface area contributed by atoms with Gasteiger partial charge in [0.15, 0.2) is 0 Å². The van der Waals surface area contributed by atoms with E-state index in [-0.39, 0.29) is 11.3 Å². The van der Waals surface area contributed by atoms with Crippen molar-refractivity contribution in [3.63, 3.8) is 0 Å². The lowest BCUT2D eigenvalue weighted by atomic mass is 10.2. The van der Waals surface area contributed by atoms with Crippen molar-refractivity contribution in [2.24, 2.45) is 0 Å². The first kappa shape index (κ1) is 35.2. The molecule has 0 saturated carbocycles. The molecule has 252 valence electrons. The van der Waals surface area contributed by atoms with Crippen LogP contribution in [0, 0.1) is 0 Å². The van der Waals surface area contributed by atoms with Gasteiger partial charge in [-0.15, -0.1) is 0 Å². The highest BCUT2D eigenvalue weighted by Crippen LogP contribution is 2.77. The van der Waals surface area contributed by atoms with Crippen LogP contribution in [0.5, 0.6) is 40.2 Å². The smallest absolute Gasteiger partial charge is 0.353 e. The summed E-state index contributed by atoms with van der Waals surface area (Å²) in [6, 6.07) is 22.8. The van der Waals surface area contributed by atoms with E-state index in [4.69, 9.17) is 32.6 Å². The SMILES string of the molecule is CCOc1cc(OCC)c(S(OC(=O)c2ccccc2O)(c2ccccc2)c2c(OCC)cc(OCC)cc2OCC)c(OCC)c1. The average molecular weight is 665 g/mol. The largest absolute Gasteiger partial charge is 0.507 e. The molecule has 4 rings (SSSR count). The maximum atomic E-state index is 14.4. The van der Waals surface area contributed by atoms with Gasteiger partial charge in [0.05, 0.1) is 39.6 Å². The molecule has 0 aliphatic carbocycles. The fraction of sp³-hybridized carbons (Fsp3) is 0.324. The maximum absolute atomic E-state index is 14.4. The van der Waals surface area contributed by atoms with Gasteiger partial charge >= 0.3 is 5.97 Å². The quantitative estimate of drug-likeness (QED) is 0.119. The summed E-state index contributed by atoms with van der Waals surface area (Å²) in [4.78, 5) is 16.0. The summed E-state index contributed by atoms with van der Waals surface area (Å²) in [5, 5.41) is 10.8. The Labute approximate surface area is 278 Å². The summed E-state index contributed by atoms with van der Waals surface area (Å²) in [5.41, 5.74) is -0.0102. The predicted octanol–water partition coefficient (Wildman–Crippen LogP) is 8.84. The van der Waals surface area contributed by atoms with Crippen molar-refractivity contribution in [2.45, 2.75) is 56.2 Å². The van der Waals surface area contributed by atoms with Crippen molar-refractivity contribution in [1.29, 1.82) is 0 Å². The molecule has 0 spiro atoms. The zero-order chi connectivity index (χ0) is 33.8. The highest BCUT2D eigenvalue weighted by molar-refractivity contribution is 8.30. The molecular formula is C37H44O9S. The fourth-order valence-electron chi connectivity index (χ4n) is 5.11. The minimum absolute atomic E-state index is 0.0102. The maximum Gasteiger partial charge on any atom is 0.353 e. The van der Waals surface area contributed by atoms with Crippen LogP contribution < -0.4 is 28.4 Å². The molecule has 0 atom stereocenters. The van der Waals surface area contributed by atoms with Crippen molar-refractivity contribution in [1.82, 2.24) is 0 Å². The third kappa shape index (κ3) is 7.65. The van der Waals surface area contributed by atoms with E-state index in [0.717, 1.165) is 0 Å². The molecule has 9 nitrogen and oxygen atoms in total. The Bertz CT molecular complexity index is 1500. The first-order valence-electron chi connectivity index (χ1n) is 15.9.